The molecule has 9 heteroatoms. The second-order valence-electron chi connectivity index (χ2n) is 4.64. The predicted octanol–water partition coefficient (Wildman–Crippen LogP) is 4.44. The summed E-state index contributed by atoms with van der Waals surface area (Å²) < 4.78 is 19.6. The largest absolute Gasteiger partial charge is 0.512 e. The Labute approximate surface area is 145 Å². The van der Waals surface area contributed by atoms with E-state index in [9.17, 15) is 9.18 Å². The summed E-state index contributed by atoms with van der Waals surface area (Å²) in [4.78, 5) is 14.7. The minimum absolute atomic E-state index is 0.173. The van der Waals surface area contributed by atoms with Crippen molar-refractivity contribution >= 4 is 29.4 Å². The van der Waals surface area contributed by atoms with E-state index in [1.54, 1.807) is 12.1 Å². The van der Waals surface area contributed by atoms with Crippen LogP contribution < -0.4 is 4.74 Å². The van der Waals surface area contributed by atoms with Crippen LogP contribution in [0.15, 0.2) is 42.6 Å². The van der Waals surface area contributed by atoms with Gasteiger partial charge < -0.3 is 9.84 Å². The number of ether oxygens (including phenoxy) is 1. The normalized spacial score (nSPS) is 10.6. The fraction of sp³-hybridized carbons (Fsp3) is 0. The van der Waals surface area contributed by atoms with E-state index in [1.165, 1.54) is 29.1 Å². The molecule has 0 amide bonds. The fourth-order valence-corrected chi connectivity index (χ4v) is 2.43. The molecule has 0 radical (unpaired) electrons. The number of rotatable bonds is 3. The topological polar surface area (TPSA) is 77.2 Å². The zero-order chi connectivity index (χ0) is 17.3. The van der Waals surface area contributed by atoms with Gasteiger partial charge in [-0.3, -0.25) is 0 Å². The molecule has 3 aromatic rings. The molecule has 0 bridgehead atoms. The van der Waals surface area contributed by atoms with Gasteiger partial charge in [-0.1, -0.05) is 23.2 Å². The molecular weight excluding hydrogens is 360 g/mol. The number of carboxylic acid groups (broad SMARTS) is 1. The first-order valence-corrected chi connectivity index (χ1v) is 7.27. The molecular formula is C15H8Cl2FN3O3. The van der Waals surface area contributed by atoms with Crippen LogP contribution in [0.5, 0.6) is 5.88 Å². The molecule has 24 heavy (non-hydrogen) atoms. The van der Waals surface area contributed by atoms with Crippen LogP contribution in [0, 0.1) is 5.82 Å². The summed E-state index contributed by atoms with van der Waals surface area (Å²) >= 11 is 11.6. The van der Waals surface area contributed by atoms with E-state index in [1.807, 2.05) is 0 Å². The van der Waals surface area contributed by atoms with Gasteiger partial charge in [-0.2, -0.15) is 0 Å². The summed E-state index contributed by atoms with van der Waals surface area (Å²) in [5, 5.41) is 13.3. The highest BCUT2D eigenvalue weighted by Crippen LogP contribution is 2.29. The number of hydrogen-bond donors (Lipinski definition) is 1. The maximum Gasteiger partial charge on any atom is 0.512 e. The standard InChI is InChI=1S/C15H8Cl2FN3O3/c16-9-3-8(4-10(18)5-9)12-6-14(24-15(22)23)20-21(12)11-1-2-13(17)19-7-11/h1-7H,(H,22,23). The minimum atomic E-state index is -1.52. The van der Waals surface area contributed by atoms with Gasteiger partial charge in [-0.25, -0.2) is 18.9 Å². The van der Waals surface area contributed by atoms with Crippen LogP contribution >= 0.6 is 23.2 Å². The summed E-state index contributed by atoms with van der Waals surface area (Å²) in [5.41, 5.74) is 1.24. The molecule has 6 nitrogen and oxygen atoms in total. The quantitative estimate of drug-likeness (QED) is 0.546. The van der Waals surface area contributed by atoms with Crippen molar-refractivity contribution in [2.75, 3.05) is 0 Å². The second-order valence-corrected chi connectivity index (χ2v) is 5.47. The highest BCUT2D eigenvalue weighted by molar-refractivity contribution is 6.30. The van der Waals surface area contributed by atoms with Crippen LogP contribution in [0.2, 0.25) is 10.2 Å². The van der Waals surface area contributed by atoms with E-state index in [-0.39, 0.29) is 16.1 Å². The first kappa shape index (κ1) is 16.2. The predicted molar refractivity (Wildman–Crippen MR) is 85.4 cm³/mol. The molecule has 2 heterocycles. The van der Waals surface area contributed by atoms with Gasteiger partial charge in [0.15, 0.2) is 0 Å². The van der Waals surface area contributed by atoms with Crippen molar-refractivity contribution in [3.63, 3.8) is 0 Å². The molecule has 0 saturated heterocycles. The Morgan fingerprint density at radius 1 is 1.21 bits per heavy atom. The van der Waals surface area contributed by atoms with E-state index in [0.29, 0.717) is 16.9 Å². The zero-order valence-electron chi connectivity index (χ0n) is 11.8. The van der Waals surface area contributed by atoms with E-state index in [4.69, 9.17) is 28.3 Å². The van der Waals surface area contributed by atoms with Gasteiger partial charge in [-0.15, -0.1) is 5.10 Å². The zero-order valence-corrected chi connectivity index (χ0v) is 13.3. The van der Waals surface area contributed by atoms with E-state index in [0.717, 1.165) is 6.07 Å². The minimum Gasteiger partial charge on any atom is -0.449 e. The summed E-state index contributed by atoms with van der Waals surface area (Å²) in [5.74, 6) is -0.715. The molecule has 0 atom stereocenters. The van der Waals surface area contributed by atoms with Crippen LogP contribution in [0.25, 0.3) is 16.9 Å². The van der Waals surface area contributed by atoms with Gasteiger partial charge in [0.1, 0.15) is 11.0 Å². The van der Waals surface area contributed by atoms with Crippen LogP contribution in [0.3, 0.4) is 0 Å². The van der Waals surface area contributed by atoms with Gasteiger partial charge in [0.25, 0.3) is 0 Å². The molecule has 0 unspecified atom stereocenters. The number of nitrogens with zero attached hydrogens (tertiary/aromatic N) is 3. The summed E-state index contributed by atoms with van der Waals surface area (Å²) in [6, 6.07) is 8.44. The van der Waals surface area contributed by atoms with Crippen molar-refractivity contribution in [2.45, 2.75) is 0 Å². The Morgan fingerprint density at radius 3 is 2.62 bits per heavy atom. The van der Waals surface area contributed by atoms with Crippen LogP contribution in [0.1, 0.15) is 0 Å². The van der Waals surface area contributed by atoms with Crippen molar-refractivity contribution in [1.82, 2.24) is 14.8 Å². The van der Waals surface area contributed by atoms with Gasteiger partial charge in [0, 0.05) is 16.7 Å². The maximum absolute atomic E-state index is 13.6. The Morgan fingerprint density at radius 2 is 2.00 bits per heavy atom. The number of carbonyl (C=O) groups is 1. The van der Waals surface area contributed by atoms with E-state index >= 15 is 0 Å². The maximum atomic E-state index is 13.6. The van der Waals surface area contributed by atoms with Crippen molar-refractivity contribution in [2.24, 2.45) is 0 Å². The third-order valence-corrected chi connectivity index (χ3v) is 3.44. The molecule has 122 valence electrons. The van der Waals surface area contributed by atoms with Crippen molar-refractivity contribution in [3.05, 3.63) is 58.6 Å². The summed E-state index contributed by atoms with van der Waals surface area (Å²) in [6.45, 7) is 0. The van der Waals surface area contributed by atoms with Gasteiger partial charge in [-0.05, 0) is 30.3 Å². The molecule has 1 N–H and O–H groups in total. The molecule has 0 saturated carbocycles. The Hall–Kier alpha value is -2.64. The Bertz CT molecular complexity index is 893. The third-order valence-electron chi connectivity index (χ3n) is 2.99. The van der Waals surface area contributed by atoms with Crippen molar-refractivity contribution < 1.29 is 19.0 Å². The SMILES string of the molecule is O=C(O)Oc1cc(-c2cc(F)cc(Cl)c2)n(-c2ccc(Cl)nc2)n1. The third kappa shape index (κ3) is 3.47. The van der Waals surface area contributed by atoms with Gasteiger partial charge >= 0.3 is 6.16 Å². The lowest BCUT2D eigenvalue weighted by Crippen LogP contribution is -2.04. The molecule has 0 spiro atoms. The van der Waals surface area contributed by atoms with E-state index < -0.39 is 12.0 Å². The number of halogens is 3. The highest BCUT2D eigenvalue weighted by Gasteiger charge is 2.16. The monoisotopic (exact) mass is 367 g/mol. The van der Waals surface area contributed by atoms with Crippen LogP contribution in [0.4, 0.5) is 9.18 Å². The lowest BCUT2D eigenvalue weighted by molar-refractivity contribution is 0.142. The summed E-state index contributed by atoms with van der Waals surface area (Å²) in [7, 11) is 0. The van der Waals surface area contributed by atoms with Gasteiger partial charge in [0.05, 0.1) is 17.6 Å². The van der Waals surface area contributed by atoms with Crippen molar-refractivity contribution in [3.8, 4) is 22.8 Å². The van der Waals surface area contributed by atoms with Crippen LogP contribution in [-0.4, -0.2) is 26.0 Å². The first-order chi connectivity index (χ1) is 11.4. The van der Waals surface area contributed by atoms with E-state index in [2.05, 4.69) is 14.8 Å². The lowest BCUT2D eigenvalue weighted by Gasteiger charge is -2.07. The van der Waals surface area contributed by atoms with Crippen molar-refractivity contribution in [1.29, 1.82) is 0 Å². The molecule has 0 aliphatic rings. The Kier molecular flexibility index (Phi) is 4.37. The smallest absolute Gasteiger partial charge is 0.449 e. The number of benzene rings is 1. The van der Waals surface area contributed by atoms with Gasteiger partial charge in [0.2, 0.25) is 5.88 Å². The first-order valence-electron chi connectivity index (χ1n) is 6.51. The highest BCUT2D eigenvalue weighted by atomic mass is 35.5. The average molecular weight is 368 g/mol. The second kappa shape index (κ2) is 6.46. The number of hydrogen-bond acceptors (Lipinski definition) is 4. The van der Waals surface area contributed by atoms with Crippen LogP contribution in [-0.2, 0) is 0 Å². The summed E-state index contributed by atoms with van der Waals surface area (Å²) in [6.07, 6.45) is -0.0812. The average Bonchev–Trinajstić information content (AvgIpc) is 2.90. The molecule has 1 aromatic carbocycles. The lowest BCUT2D eigenvalue weighted by atomic mass is 10.1. The molecule has 0 aliphatic heterocycles. The molecule has 2 aromatic heterocycles. The molecule has 3 rings (SSSR count). The molecule has 0 fully saturated rings. The number of aromatic nitrogens is 3. The fourth-order valence-electron chi connectivity index (χ4n) is 2.10. The molecule has 0 aliphatic carbocycles. The Balaban J connectivity index is 2.17. The number of pyridine rings is 1.